The largest absolute Gasteiger partial charge is 0.493 e. The third kappa shape index (κ3) is 1.97. The number of carbonyl (C=O) groups excluding carboxylic acids is 1. The Morgan fingerprint density at radius 3 is 2.57 bits per heavy atom. The summed E-state index contributed by atoms with van der Waals surface area (Å²) in [5, 5.41) is 3.96. The molecule has 0 bridgehead atoms. The zero-order valence-corrected chi connectivity index (χ0v) is 12.9. The average molecular weight is 308 g/mol. The van der Waals surface area contributed by atoms with E-state index in [2.05, 4.69) is 10.3 Å². The zero-order chi connectivity index (χ0) is 16.0. The van der Waals surface area contributed by atoms with Gasteiger partial charge in [0.1, 0.15) is 5.69 Å². The molecule has 1 aliphatic rings. The molecule has 1 aliphatic heterocycles. The Kier molecular flexibility index (Phi) is 3.01. The van der Waals surface area contributed by atoms with Gasteiger partial charge in [0.2, 0.25) is 0 Å². The van der Waals surface area contributed by atoms with E-state index in [0.29, 0.717) is 23.7 Å². The first-order chi connectivity index (χ1) is 11.2. The minimum absolute atomic E-state index is 0.106. The Labute approximate surface area is 133 Å². The topological polar surface area (TPSA) is 63.4 Å². The number of aromatic amines is 1. The summed E-state index contributed by atoms with van der Waals surface area (Å²) in [5.74, 6) is 1.20. The molecule has 0 spiro atoms. The van der Waals surface area contributed by atoms with Crippen LogP contribution in [0.15, 0.2) is 36.4 Å². The number of fused-ring (bicyclic) bond motifs is 5. The number of carbonyl (C=O) groups is 1. The highest BCUT2D eigenvalue weighted by Gasteiger charge is 2.25. The highest BCUT2D eigenvalue weighted by molar-refractivity contribution is 6.11. The second kappa shape index (κ2) is 5.05. The molecule has 0 atom stereocenters. The van der Waals surface area contributed by atoms with Crippen molar-refractivity contribution >= 4 is 16.8 Å². The Balaban J connectivity index is 2.09. The number of hydrogen-bond acceptors (Lipinski definition) is 3. The third-order valence-corrected chi connectivity index (χ3v) is 4.25. The molecule has 116 valence electrons. The van der Waals surface area contributed by atoms with Crippen LogP contribution in [-0.2, 0) is 6.54 Å². The van der Waals surface area contributed by atoms with Crippen LogP contribution >= 0.6 is 0 Å². The summed E-state index contributed by atoms with van der Waals surface area (Å²) in [6.07, 6.45) is 0. The van der Waals surface area contributed by atoms with Crippen LogP contribution in [0.1, 0.15) is 16.1 Å². The van der Waals surface area contributed by atoms with Gasteiger partial charge < -0.3 is 19.8 Å². The van der Waals surface area contributed by atoms with Crippen molar-refractivity contribution in [1.82, 2.24) is 10.3 Å². The van der Waals surface area contributed by atoms with Crippen molar-refractivity contribution in [1.29, 1.82) is 0 Å². The maximum absolute atomic E-state index is 12.4. The lowest BCUT2D eigenvalue weighted by Gasteiger charge is -2.13. The van der Waals surface area contributed by atoms with Crippen molar-refractivity contribution in [3.8, 4) is 22.6 Å². The molecule has 0 saturated heterocycles. The van der Waals surface area contributed by atoms with Gasteiger partial charge in [-0.2, -0.15) is 0 Å². The molecule has 0 aliphatic carbocycles. The molecule has 5 nitrogen and oxygen atoms in total. The molecule has 1 aromatic heterocycles. The number of nitrogens with one attached hydrogen (secondary N) is 2. The molecule has 4 rings (SSSR count). The minimum atomic E-state index is -0.106. The van der Waals surface area contributed by atoms with Gasteiger partial charge >= 0.3 is 0 Å². The Morgan fingerprint density at radius 1 is 1.04 bits per heavy atom. The number of aromatic nitrogens is 1. The lowest BCUT2D eigenvalue weighted by Crippen LogP contribution is -2.21. The summed E-state index contributed by atoms with van der Waals surface area (Å²) < 4.78 is 10.8. The second-order valence-corrected chi connectivity index (χ2v) is 5.47. The molecule has 5 heteroatoms. The molecule has 2 aromatic carbocycles. The lowest BCUT2D eigenvalue weighted by atomic mass is 9.97. The maximum atomic E-state index is 12.4. The molecule has 0 unspecified atom stereocenters. The fraction of sp³-hybridized carbons (Fsp3) is 0.167. The number of hydrogen-bond donors (Lipinski definition) is 2. The number of methoxy groups -OCH3 is 2. The lowest BCUT2D eigenvalue weighted by molar-refractivity contribution is 0.0948. The Morgan fingerprint density at radius 2 is 1.78 bits per heavy atom. The first-order valence-electron chi connectivity index (χ1n) is 7.37. The SMILES string of the molecule is COc1cc2c(cc1OC)-c1c([nH]c3ccccc13)C(=O)NC2. The number of benzene rings is 2. The third-order valence-electron chi connectivity index (χ3n) is 4.25. The highest BCUT2D eigenvalue weighted by Crippen LogP contribution is 2.41. The van der Waals surface area contributed by atoms with E-state index < -0.39 is 0 Å². The van der Waals surface area contributed by atoms with E-state index in [-0.39, 0.29) is 5.91 Å². The molecular formula is C18H16N2O3. The van der Waals surface area contributed by atoms with Crippen LogP contribution in [-0.4, -0.2) is 25.1 Å². The standard InChI is InChI=1S/C18H16N2O3/c1-22-14-7-10-9-19-18(21)17-16(12(10)8-15(14)23-2)11-5-3-4-6-13(11)20-17/h3-8,20H,9H2,1-2H3,(H,19,21). The summed E-state index contributed by atoms with van der Waals surface area (Å²) in [7, 11) is 3.22. The molecule has 0 radical (unpaired) electrons. The van der Waals surface area contributed by atoms with Gasteiger partial charge in [0, 0.05) is 23.0 Å². The number of H-pyrrole nitrogens is 1. The number of amides is 1. The molecule has 1 amide bonds. The fourth-order valence-electron chi connectivity index (χ4n) is 3.16. The van der Waals surface area contributed by atoms with Gasteiger partial charge in [0.25, 0.3) is 5.91 Å². The van der Waals surface area contributed by atoms with Crippen LogP contribution in [0.4, 0.5) is 0 Å². The molecular weight excluding hydrogens is 292 g/mol. The quantitative estimate of drug-likeness (QED) is 0.764. The predicted octanol–water partition coefficient (Wildman–Crippen LogP) is 3.10. The van der Waals surface area contributed by atoms with E-state index in [1.54, 1.807) is 14.2 Å². The van der Waals surface area contributed by atoms with Crippen molar-refractivity contribution in [2.24, 2.45) is 0 Å². The molecule has 2 N–H and O–H groups in total. The first-order valence-corrected chi connectivity index (χ1v) is 7.37. The minimum Gasteiger partial charge on any atom is -0.493 e. The van der Waals surface area contributed by atoms with Gasteiger partial charge in [-0.15, -0.1) is 0 Å². The summed E-state index contributed by atoms with van der Waals surface area (Å²) in [4.78, 5) is 15.7. The van der Waals surface area contributed by atoms with Crippen LogP contribution in [0.5, 0.6) is 11.5 Å². The first kappa shape index (κ1) is 13.7. The number of para-hydroxylation sites is 1. The van der Waals surface area contributed by atoms with Crippen LogP contribution in [0.2, 0.25) is 0 Å². The van der Waals surface area contributed by atoms with Gasteiger partial charge in [-0.1, -0.05) is 18.2 Å². The number of rotatable bonds is 2. The van der Waals surface area contributed by atoms with Gasteiger partial charge in [0.05, 0.1) is 14.2 Å². The van der Waals surface area contributed by atoms with Crippen molar-refractivity contribution < 1.29 is 14.3 Å². The van der Waals surface area contributed by atoms with Gasteiger partial charge in [-0.3, -0.25) is 4.79 Å². The normalized spacial score (nSPS) is 13.0. The van der Waals surface area contributed by atoms with E-state index >= 15 is 0 Å². The second-order valence-electron chi connectivity index (χ2n) is 5.47. The highest BCUT2D eigenvalue weighted by atomic mass is 16.5. The van der Waals surface area contributed by atoms with E-state index in [1.807, 2.05) is 36.4 Å². The summed E-state index contributed by atoms with van der Waals surface area (Å²) in [6.45, 7) is 0.450. The maximum Gasteiger partial charge on any atom is 0.268 e. The molecule has 0 fully saturated rings. The van der Waals surface area contributed by atoms with Gasteiger partial charge in [0.15, 0.2) is 11.5 Å². The fourth-order valence-corrected chi connectivity index (χ4v) is 3.16. The smallest absolute Gasteiger partial charge is 0.268 e. The van der Waals surface area contributed by atoms with Crippen LogP contribution in [0.25, 0.3) is 22.0 Å². The summed E-state index contributed by atoms with van der Waals surface area (Å²) in [6, 6.07) is 11.8. The van der Waals surface area contributed by atoms with E-state index in [4.69, 9.17) is 9.47 Å². The zero-order valence-electron chi connectivity index (χ0n) is 12.9. The van der Waals surface area contributed by atoms with Crippen LogP contribution in [0.3, 0.4) is 0 Å². The van der Waals surface area contributed by atoms with Crippen molar-refractivity contribution in [2.75, 3.05) is 14.2 Å². The summed E-state index contributed by atoms with van der Waals surface area (Å²) in [5.41, 5.74) is 4.41. The van der Waals surface area contributed by atoms with E-state index in [0.717, 1.165) is 27.6 Å². The molecule has 23 heavy (non-hydrogen) atoms. The number of ether oxygens (including phenoxy) is 2. The van der Waals surface area contributed by atoms with Crippen molar-refractivity contribution in [2.45, 2.75) is 6.54 Å². The predicted molar refractivity (Wildman–Crippen MR) is 88.0 cm³/mol. The molecule has 2 heterocycles. The van der Waals surface area contributed by atoms with Gasteiger partial charge in [-0.25, -0.2) is 0 Å². The summed E-state index contributed by atoms with van der Waals surface area (Å²) >= 11 is 0. The van der Waals surface area contributed by atoms with Crippen molar-refractivity contribution in [3.63, 3.8) is 0 Å². The Hall–Kier alpha value is -2.95. The van der Waals surface area contributed by atoms with E-state index in [1.165, 1.54) is 0 Å². The van der Waals surface area contributed by atoms with Crippen molar-refractivity contribution in [3.05, 3.63) is 47.7 Å². The van der Waals surface area contributed by atoms with E-state index in [9.17, 15) is 4.79 Å². The molecule has 0 saturated carbocycles. The van der Waals surface area contributed by atoms with Crippen LogP contribution in [0, 0.1) is 0 Å². The molecule has 3 aromatic rings. The average Bonchev–Trinajstić information content (AvgIpc) is 2.92. The Bertz CT molecular complexity index is 927. The van der Waals surface area contributed by atoms with Gasteiger partial charge in [-0.05, 0) is 29.3 Å². The van der Waals surface area contributed by atoms with Crippen LogP contribution < -0.4 is 14.8 Å². The monoisotopic (exact) mass is 308 g/mol.